The first-order valence-electron chi connectivity index (χ1n) is 5.28. The molecule has 1 aromatic heterocycles. The van der Waals surface area contributed by atoms with Crippen molar-refractivity contribution >= 4 is 27.7 Å². The van der Waals surface area contributed by atoms with Crippen LogP contribution in [0.3, 0.4) is 0 Å². The van der Waals surface area contributed by atoms with E-state index >= 15 is 0 Å². The van der Waals surface area contributed by atoms with Crippen LogP contribution in [0.5, 0.6) is 0 Å². The van der Waals surface area contributed by atoms with E-state index in [9.17, 15) is 0 Å². The number of furan rings is 1. The molecule has 92 valence electrons. The number of aliphatic hydroxyl groups excluding tert-OH is 1. The predicted molar refractivity (Wildman–Crippen MR) is 71.8 cm³/mol. The molecule has 0 spiro atoms. The van der Waals surface area contributed by atoms with Gasteiger partial charge in [-0.1, -0.05) is 0 Å². The number of halogens is 1. The molecule has 3 nitrogen and oxygen atoms in total. The van der Waals surface area contributed by atoms with E-state index < -0.39 is 0 Å². The summed E-state index contributed by atoms with van der Waals surface area (Å²) in [5, 5.41) is 12.4. The normalized spacial score (nSPS) is 15.0. The summed E-state index contributed by atoms with van der Waals surface area (Å²) in [6.45, 7) is 2.28. The van der Waals surface area contributed by atoms with Crippen LogP contribution in [-0.4, -0.2) is 29.8 Å². The minimum atomic E-state index is 0.162. The van der Waals surface area contributed by atoms with Gasteiger partial charge >= 0.3 is 0 Å². The molecule has 5 heteroatoms. The highest BCUT2D eigenvalue weighted by Crippen LogP contribution is 2.21. The number of aliphatic hydroxyl groups is 1. The molecule has 0 aliphatic carbocycles. The predicted octanol–water partition coefficient (Wildman–Crippen LogP) is 2.81. The molecule has 1 aromatic rings. The van der Waals surface area contributed by atoms with Gasteiger partial charge in [-0.25, -0.2) is 0 Å². The Labute approximate surface area is 109 Å². The molecule has 2 N–H and O–H groups in total. The molecule has 16 heavy (non-hydrogen) atoms. The fourth-order valence-electron chi connectivity index (χ4n) is 1.57. The molecule has 0 aliphatic heterocycles. The zero-order chi connectivity index (χ0) is 12.0. The summed E-state index contributed by atoms with van der Waals surface area (Å²) in [4.78, 5) is 0. The Hall–Kier alpha value is 0.0300. The standard InChI is InChI=1S/C11H18BrNO2S/c1-8(10-3-4-11(12)15-10)13-9(5-6-14)7-16-2/h3-4,8-9,13-14H,5-7H2,1-2H3/t8-,9+/m0/s1. The second-order valence-corrected chi connectivity index (χ2v) is 5.39. The summed E-state index contributed by atoms with van der Waals surface area (Å²) >= 11 is 5.07. The second kappa shape index (κ2) is 7.37. The van der Waals surface area contributed by atoms with E-state index in [0.717, 1.165) is 22.6 Å². The van der Waals surface area contributed by atoms with Crippen LogP contribution in [0.15, 0.2) is 21.2 Å². The molecule has 1 rings (SSSR count). The van der Waals surface area contributed by atoms with Crippen molar-refractivity contribution in [2.75, 3.05) is 18.6 Å². The average molecular weight is 308 g/mol. The van der Waals surface area contributed by atoms with E-state index in [1.165, 1.54) is 0 Å². The van der Waals surface area contributed by atoms with Crippen molar-refractivity contribution in [2.45, 2.75) is 25.4 Å². The highest BCUT2D eigenvalue weighted by atomic mass is 79.9. The first-order chi connectivity index (χ1) is 7.67. The van der Waals surface area contributed by atoms with E-state index in [1.54, 1.807) is 11.8 Å². The Balaban J connectivity index is 2.50. The molecule has 0 saturated carbocycles. The lowest BCUT2D eigenvalue weighted by Crippen LogP contribution is -2.34. The van der Waals surface area contributed by atoms with Crippen LogP contribution < -0.4 is 5.32 Å². The maximum atomic E-state index is 8.97. The molecular formula is C11H18BrNO2S. The molecule has 0 radical (unpaired) electrons. The summed E-state index contributed by atoms with van der Waals surface area (Å²) < 4.78 is 6.24. The van der Waals surface area contributed by atoms with Gasteiger partial charge in [0.1, 0.15) is 5.76 Å². The number of nitrogens with one attached hydrogen (secondary N) is 1. The smallest absolute Gasteiger partial charge is 0.169 e. The summed E-state index contributed by atoms with van der Waals surface area (Å²) in [5.41, 5.74) is 0. The number of rotatable bonds is 7. The molecule has 0 aliphatic rings. The summed E-state index contributed by atoms with van der Waals surface area (Å²) in [6, 6.07) is 4.33. The fourth-order valence-corrected chi connectivity index (χ4v) is 2.55. The van der Waals surface area contributed by atoms with Gasteiger partial charge in [-0.15, -0.1) is 0 Å². The van der Waals surface area contributed by atoms with Crippen LogP contribution >= 0.6 is 27.7 Å². The molecule has 0 unspecified atom stereocenters. The third-order valence-electron chi connectivity index (χ3n) is 2.35. The number of hydrogen-bond acceptors (Lipinski definition) is 4. The van der Waals surface area contributed by atoms with E-state index in [0.29, 0.717) is 6.04 Å². The summed E-state index contributed by atoms with van der Waals surface area (Å²) in [7, 11) is 0. The van der Waals surface area contributed by atoms with Gasteiger partial charge < -0.3 is 14.8 Å². The maximum absolute atomic E-state index is 8.97. The van der Waals surface area contributed by atoms with Crippen LogP contribution in [0, 0.1) is 0 Å². The van der Waals surface area contributed by atoms with Crippen LogP contribution in [0.25, 0.3) is 0 Å². The Morgan fingerprint density at radius 1 is 1.56 bits per heavy atom. The van der Waals surface area contributed by atoms with Crippen molar-refractivity contribution in [3.05, 3.63) is 22.6 Å². The monoisotopic (exact) mass is 307 g/mol. The Bertz CT molecular complexity index is 300. The van der Waals surface area contributed by atoms with Gasteiger partial charge in [-0.05, 0) is 47.7 Å². The highest BCUT2D eigenvalue weighted by molar-refractivity contribution is 9.10. The molecule has 0 amide bonds. The van der Waals surface area contributed by atoms with Crippen molar-refractivity contribution in [3.8, 4) is 0 Å². The van der Waals surface area contributed by atoms with E-state index in [2.05, 4.69) is 34.4 Å². The second-order valence-electron chi connectivity index (χ2n) is 3.69. The number of thioether (sulfide) groups is 1. The van der Waals surface area contributed by atoms with Gasteiger partial charge in [-0.2, -0.15) is 11.8 Å². The largest absolute Gasteiger partial charge is 0.453 e. The third-order valence-corrected chi connectivity index (χ3v) is 3.51. The quantitative estimate of drug-likeness (QED) is 0.813. The molecular weight excluding hydrogens is 290 g/mol. The molecule has 0 saturated heterocycles. The van der Waals surface area contributed by atoms with E-state index in [-0.39, 0.29) is 12.6 Å². The Kier molecular flexibility index (Phi) is 6.49. The first-order valence-corrected chi connectivity index (χ1v) is 7.47. The van der Waals surface area contributed by atoms with Crippen molar-refractivity contribution in [2.24, 2.45) is 0 Å². The average Bonchev–Trinajstić information content (AvgIpc) is 2.65. The lowest BCUT2D eigenvalue weighted by atomic mass is 10.2. The van der Waals surface area contributed by atoms with Crippen LogP contribution in [0.1, 0.15) is 25.1 Å². The molecule has 2 atom stereocenters. The van der Waals surface area contributed by atoms with Crippen LogP contribution in [-0.2, 0) is 0 Å². The first kappa shape index (κ1) is 14.1. The highest BCUT2D eigenvalue weighted by Gasteiger charge is 2.15. The minimum Gasteiger partial charge on any atom is -0.453 e. The Morgan fingerprint density at radius 3 is 2.81 bits per heavy atom. The zero-order valence-corrected chi connectivity index (χ0v) is 12.0. The van der Waals surface area contributed by atoms with Crippen molar-refractivity contribution < 1.29 is 9.52 Å². The Morgan fingerprint density at radius 2 is 2.31 bits per heavy atom. The molecule has 1 heterocycles. The van der Waals surface area contributed by atoms with Gasteiger partial charge in [0.15, 0.2) is 4.67 Å². The summed E-state index contributed by atoms with van der Waals surface area (Å²) in [6.07, 6.45) is 2.84. The van der Waals surface area contributed by atoms with Crippen LogP contribution in [0.2, 0.25) is 0 Å². The van der Waals surface area contributed by atoms with Gasteiger partial charge in [0.2, 0.25) is 0 Å². The topological polar surface area (TPSA) is 45.4 Å². The molecule has 0 aromatic carbocycles. The lowest BCUT2D eigenvalue weighted by Gasteiger charge is -2.20. The fraction of sp³-hybridized carbons (Fsp3) is 0.636. The molecule has 0 bridgehead atoms. The van der Waals surface area contributed by atoms with Gasteiger partial charge in [-0.3, -0.25) is 0 Å². The summed E-state index contributed by atoms with van der Waals surface area (Å²) in [5.74, 6) is 1.91. The van der Waals surface area contributed by atoms with Crippen molar-refractivity contribution in [1.29, 1.82) is 0 Å². The number of hydrogen-bond donors (Lipinski definition) is 2. The zero-order valence-electron chi connectivity index (χ0n) is 9.57. The minimum absolute atomic E-state index is 0.162. The van der Waals surface area contributed by atoms with E-state index in [1.807, 2.05) is 12.1 Å². The van der Waals surface area contributed by atoms with Crippen molar-refractivity contribution in [1.82, 2.24) is 5.32 Å². The van der Waals surface area contributed by atoms with Crippen molar-refractivity contribution in [3.63, 3.8) is 0 Å². The van der Waals surface area contributed by atoms with E-state index in [4.69, 9.17) is 9.52 Å². The van der Waals surface area contributed by atoms with Crippen LogP contribution in [0.4, 0.5) is 0 Å². The van der Waals surface area contributed by atoms with Gasteiger partial charge in [0.05, 0.1) is 6.04 Å². The SMILES string of the molecule is CSC[C@@H](CCO)N[C@@H](C)c1ccc(Br)o1. The van der Waals surface area contributed by atoms with Gasteiger partial charge in [0, 0.05) is 18.4 Å². The maximum Gasteiger partial charge on any atom is 0.169 e. The lowest BCUT2D eigenvalue weighted by molar-refractivity contribution is 0.262. The van der Waals surface area contributed by atoms with Gasteiger partial charge in [0.25, 0.3) is 0 Å². The third kappa shape index (κ3) is 4.49. The molecule has 0 fully saturated rings.